The highest BCUT2D eigenvalue weighted by Gasteiger charge is 2.21. The van der Waals surface area contributed by atoms with Crippen LogP contribution in [0.4, 0.5) is 10.1 Å². The topological polar surface area (TPSA) is 79.2 Å². The van der Waals surface area contributed by atoms with Crippen LogP contribution < -0.4 is 5.32 Å². The number of carbonyl (C=O) groups is 2. The fraction of sp³-hybridized carbons (Fsp3) is 0.105. The first-order valence-electron chi connectivity index (χ1n) is 7.68. The summed E-state index contributed by atoms with van der Waals surface area (Å²) in [7, 11) is 0. The van der Waals surface area contributed by atoms with Crippen LogP contribution in [0.2, 0.25) is 0 Å². The van der Waals surface area contributed by atoms with Gasteiger partial charge in [0.2, 0.25) is 0 Å². The molecule has 0 aliphatic heterocycles. The van der Waals surface area contributed by atoms with E-state index in [1.807, 2.05) is 6.07 Å². The number of carbonyl (C=O) groups excluding carboxylic acids is 2. The van der Waals surface area contributed by atoms with Crippen LogP contribution in [0, 0.1) is 17.1 Å². The Labute approximate surface area is 152 Å². The maximum Gasteiger partial charge on any atom is 0.349 e. The lowest BCUT2D eigenvalue weighted by Crippen LogP contribution is -2.29. The van der Waals surface area contributed by atoms with Gasteiger partial charge in [-0.2, -0.15) is 5.26 Å². The number of ether oxygens (including phenoxy) is 1. The van der Waals surface area contributed by atoms with E-state index in [4.69, 9.17) is 10.00 Å². The predicted octanol–water partition coefficient (Wildman–Crippen LogP) is 4.10. The van der Waals surface area contributed by atoms with E-state index in [2.05, 4.69) is 5.32 Å². The maximum atomic E-state index is 13.7. The Hall–Kier alpha value is -3.24. The van der Waals surface area contributed by atoms with Crippen molar-refractivity contribution in [1.82, 2.24) is 0 Å². The van der Waals surface area contributed by atoms with Crippen LogP contribution >= 0.6 is 11.3 Å². The zero-order valence-corrected chi connectivity index (χ0v) is 14.5. The van der Waals surface area contributed by atoms with Crippen LogP contribution in [-0.2, 0) is 9.53 Å². The Morgan fingerprint density at radius 2 is 1.96 bits per heavy atom. The van der Waals surface area contributed by atoms with Gasteiger partial charge in [-0.15, -0.1) is 11.3 Å². The van der Waals surface area contributed by atoms with E-state index < -0.39 is 23.8 Å². The second kappa shape index (κ2) is 7.33. The van der Waals surface area contributed by atoms with Crippen LogP contribution in [0.25, 0.3) is 10.1 Å². The zero-order chi connectivity index (χ0) is 18.7. The third-order valence-electron chi connectivity index (χ3n) is 3.64. The van der Waals surface area contributed by atoms with E-state index in [1.165, 1.54) is 19.1 Å². The second-order valence-electron chi connectivity index (χ2n) is 5.49. The number of hydrogen-bond acceptors (Lipinski definition) is 5. The maximum absolute atomic E-state index is 13.7. The summed E-state index contributed by atoms with van der Waals surface area (Å²) in [5.74, 6) is -1.60. The van der Waals surface area contributed by atoms with Crippen molar-refractivity contribution in [2.45, 2.75) is 13.0 Å². The molecular weight excluding hydrogens is 355 g/mol. The first-order valence-corrected chi connectivity index (χ1v) is 8.49. The van der Waals surface area contributed by atoms with E-state index in [9.17, 15) is 14.0 Å². The van der Waals surface area contributed by atoms with Crippen molar-refractivity contribution in [3.05, 3.63) is 64.8 Å². The summed E-state index contributed by atoms with van der Waals surface area (Å²) < 4.78 is 19.5. The van der Waals surface area contributed by atoms with Crippen molar-refractivity contribution < 1.29 is 18.7 Å². The average molecular weight is 368 g/mol. The fourth-order valence-corrected chi connectivity index (χ4v) is 3.23. The molecule has 130 valence electrons. The van der Waals surface area contributed by atoms with E-state index >= 15 is 0 Å². The van der Waals surface area contributed by atoms with Gasteiger partial charge in [0.05, 0.1) is 11.6 Å². The highest BCUT2D eigenvalue weighted by Crippen LogP contribution is 2.28. The SMILES string of the molecule is C[C@H](OC(=O)c1cc2c(F)cccc2s1)C(=O)Nc1ccc(C#N)cc1. The summed E-state index contributed by atoms with van der Waals surface area (Å²) in [5.41, 5.74) is 0.959. The number of fused-ring (bicyclic) bond motifs is 1. The van der Waals surface area contributed by atoms with E-state index in [0.29, 0.717) is 21.3 Å². The molecule has 0 saturated carbocycles. The molecule has 0 bridgehead atoms. The lowest BCUT2D eigenvalue weighted by molar-refractivity contribution is -0.123. The van der Waals surface area contributed by atoms with Crippen molar-refractivity contribution in [3.63, 3.8) is 0 Å². The number of amides is 1. The van der Waals surface area contributed by atoms with Gasteiger partial charge in [-0.05, 0) is 49.4 Å². The van der Waals surface area contributed by atoms with Crippen LogP contribution in [-0.4, -0.2) is 18.0 Å². The first kappa shape index (κ1) is 17.6. The van der Waals surface area contributed by atoms with Crippen LogP contribution in [0.3, 0.4) is 0 Å². The molecule has 1 heterocycles. The molecule has 26 heavy (non-hydrogen) atoms. The third kappa shape index (κ3) is 3.71. The molecule has 0 spiro atoms. The van der Waals surface area contributed by atoms with Crippen LogP contribution in [0.5, 0.6) is 0 Å². The molecule has 1 amide bonds. The number of rotatable bonds is 4. The summed E-state index contributed by atoms with van der Waals surface area (Å²) in [6, 6.07) is 14.3. The molecule has 0 aliphatic carbocycles. The largest absolute Gasteiger partial charge is 0.448 e. The number of nitrogens with one attached hydrogen (secondary N) is 1. The van der Waals surface area contributed by atoms with Crippen LogP contribution in [0.15, 0.2) is 48.5 Å². The van der Waals surface area contributed by atoms with Gasteiger partial charge in [-0.1, -0.05) is 6.07 Å². The molecule has 1 atom stereocenters. The van der Waals surface area contributed by atoms with Crippen molar-refractivity contribution in [2.75, 3.05) is 5.32 Å². The Bertz CT molecular complexity index is 1020. The number of halogens is 1. The average Bonchev–Trinajstić information content (AvgIpc) is 3.08. The van der Waals surface area contributed by atoms with Crippen molar-refractivity contribution in [2.24, 2.45) is 0 Å². The number of benzene rings is 2. The van der Waals surface area contributed by atoms with Crippen molar-refractivity contribution in [1.29, 1.82) is 5.26 Å². The summed E-state index contributed by atoms with van der Waals surface area (Å²) >= 11 is 1.10. The van der Waals surface area contributed by atoms with Gasteiger partial charge >= 0.3 is 5.97 Å². The van der Waals surface area contributed by atoms with E-state index in [-0.39, 0.29) is 4.88 Å². The summed E-state index contributed by atoms with van der Waals surface area (Å²) in [6.07, 6.45) is -1.03. The standard InChI is InChI=1S/C19H13FN2O3S/c1-11(18(23)22-13-7-5-12(10-21)6-8-13)25-19(24)17-9-14-15(20)3-2-4-16(14)26-17/h2-9,11H,1H3,(H,22,23)/t11-/m0/s1. The Kier molecular flexibility index (Phi) is 4.96. The molecular formula is C19H13FN2O3S. The Balaban J connectivity index is 1.66. The molecule has 0 unspecified atom stereocenters. The minimum Gasteiger partial charge on any atom is -0.448 e. The molecule has 2 aromatic carbocycles. The van der Waals surface area contributed by atoms with Gasteiger partial charge in [0.1, 0.15) is 10.7 Å². The van der Waals surface area contributed by atoms with Crippen molar-refractivity contribution >= 4 is 39.0 Å². The summed E-state index contributed by atoms with van der Waals surface area (Å²) in [6.45, 7) is 1.45. The second-order valence-corrected chi connectivity index (χ2v) is 6.57. The fourth-order valence-electron chi connectivity index (χ4n) is 2.27. The number of nitrogens with zero attached hydrogens (tertiary/aromatic N) is 1. The highest BCUT2D eigenvalue weighted by molar-refractivity contribution is 7.20. The molecule has 3 aromatic rings. The number of anilines is 1. The van der Waals surface area contributed by atoms with Gasteiger partial charge in [0.15, 0.2) is 6.10 Å². The predicted molar refractivity (Wildman–Crippen MR) is 96.4 cm³/mol. The van der Waals surface area contributed by atoms with Crippen molar-refractivity contribution in [3.8, 4) is 6.07 Å². The van der Waals surface area contributed by atoms with Gasteiger partial charge in [-0.25, -0.2) is 9.18 Å². The zero-order valence-electron chi connectivity index (χ0n) is 13.7. The summed E-state index contributed by atoms with van der Waals surface area (Å²) in [5, 5.41) is 11.7. The highest BCUT2D eigenvalue weighted by atomic mass is 32.1. The lowest BCUT2D eigenvalue weighted by atomic mass is 10.2. The Morgan fingerprint density at radius 3 is 2.62 bits per heavy atom. The number of thiophene rings is 1. The number of esters is 1. The van der Waals surface area contributed by atoms with Gasteiger partial charge in [-0.3, -0.25) is 4.79 Å². The van der Waals surface area contributed by atoms with Gasteiger partial charge < -0.3 is 10.1 Å². The monoisotopic (exact) mass is 368 g/mol. The molecule has 1 aromatic heterocycles. The molecule has 0 radical (unpaired) electrons. The molecule has 0 saturated heterocycles. The minimum atomic E-state index is -1.03. The first-order chi connectivity index (χ1) is 12.5. The van der Waals surface area contributed by atoms with E-state index in [1.54, 1.807) is 36.4 Å². The molecule has 1 N–H and O–H groups in total. The normalized spacial score (nSPS) is 11.6. The lowest BCUT2D eigenvalue weighted by Gasteiger charge is -2.13. The molecule has 0 fully saturated rings. The molecule has 0 aliphatic rings. The van der Waals surface area contributed by atoms with Crippen LogP contribution in [0.1, 0.15) is 22.2 Å². The third-order valence-corrected chi connectivity index (χ3v) is 4.72. The number of nitriles is 1. The minimum absolute atomic E-state index is 0.225. The summed E-state index contributed by atoms with van der Waals surface area (Å²) in [4.78, 5) is 24.6. The van der Waals surface area contributed by atoms with Gasteiger partial charge in [0, 0.05) is 15.8 Å². The molecule has 3 rings (SSSR count). The molecule has 7 heteroatoms. The quantitative estimate of drug-likeness (QED) is 0.703. The number of hydrogen-bond donors (Lipinski definition) is 1. The Morgan fingerprint density at radius 1 is 1.23 bits per heavy atom. The smallest absolute Gasteiger partial charge is 0.349 e. The van der Waals surface area contributed by atoms with E-state index in [0.717, 1.165) is 11.3 Å². The molecule has 5 nitrogen and oxygen atoms in total. The van der Waals surface area contributed by atoms with Gasteiger partial charge in [0.25, 0.3) is 5.91 Å².